The Bertz CT molecular complexity index is 1070. The third kappa shape index (κ3) is 3.30. The van der Waals surface area contributed by atoms with E-state index in [4.69, 9.17) is 4.74 Å². The Hall–Kier alpha value is -3.73. The van der Waals surface area contributed by atoms with E-state index in [0.29, 0.717) is 17.3 Å². The third-order valence-electron chi connectivity index (χ3n) is 4.41. The monoisotopic (exact) mass is 372 g/mol. The van der Waals surface area contributed by atoms with Crippen LogP contribution in [0.1, 0.15) is 11.1 Å². The summed E-state index contributed by atoms with van der Waals surface area (Å²) >= 11 is 0. The average Bonchev–Trinajstić information content (AvgIpc) is 3.06. The molecule has 5 heteroatoms. The number of carbonyl (C=O) groups excluding carboxylic acids is 1. The first-order valence-corrected chi connectivity index (χ1v) is 8.76. The number of amidine groups is 1. The number of rotatable bonds is 4. The van der Waals surface area contributed by atoms with Crippen LogP contribution in [0.4, 0.5) is 10.1 Å². The van der Waals surface area contributed by atoms with E-state index in [0.717, 1.165) is 11.1 Å². The van der Waals surface area contributed by atoms with Crippen molar-refractivity contribution in [3.05, 3.63) is 102 Å². The predicted octanol–water partition coefficient (Wildman–Crippen LogP) is 4.67. The van der Waals surface area contributed by atoms with Gasteiger partial charge in [0.25, 0.3) is 5.91 Å². The molecule has 1 aliphatic heterocycles. The highest BCUT2D eigenvalue weighted by atomic mass is 19.1. The fourth-order valence-corrected chi connectivity index (χ4v) is 3.06. The maximum atomic E-state index is 13.4. The first-order valence-electron chi connectivity index (χ1n) is 8.76. The Morgan fingerprint density at radius 3 is 2.32 bits per heavy atom. The van der Waals surface area contributed by atoms with Gasteiger partial charge < -0.3 is 4.74 Å². The molecule has 3 aromatic rings. The van der Waals surface area contributed by atoms with Gasteiger partial charge >= 0.3 is 0 Å². The van der Waals surface area contributed by atoms with Gasteiger partial charge in [0, 0.05) is 11.1 Å². The van der Waals surface area contributed by atoms with Crippen molar-refractivity contribution in [2.24, 2.45) is 4.99 Å². The summed E-state index contributed by atoms with van der Waals surface area (Å²) in [6.07, 6.45) is 1.70. The Morgan fingerprint density at radius 1 is 0.929 bits per heavy atom. The van der Waals surface area contributed by atoms with Crippen molar-refractivity contribution in [1.82, 2.24) is 0 Å². The Kier molecular flexibility index (Phi) is 4.72. The van der Waals surface area contributed by atoms with E-state index >= 15 is 0 Å². The summed E-state index contributed by atoms with van der Waals surface area (Å²) in [6.45, 7) is 0. The van der Waals surface area contributed by atoms with Crippen molar-refractivity contribution < 1.29 is 13.9 Å². The molecule has 0 saturated carbocycles. The van der Waals surface area contributed by atoms with Crippen molar-refractivity contribution in [3.63, 3.8) is 0 Å². The molecule has 0 aliphatic carbocycles. The number of amides is 1. The highest BCUT2D eigenvalue weighted by Gasteiger charge is 2.32. The highest BCUT2D eigenvalue weighted by Crippen LogP contribution is 2.29. The number of hydrogen-bond acceptors (Lipinski definition) is 3. The molecule has 0 N–H and O–H groups in total. The first-order chi connectivity index (χ1) is 13.7. The molecule has 4 rings (SSSR count). The van der Waals surface area contributed by atoms with Gasteiger partial charge in [-0.1, -0.05) is 48.5 Å². The molecule has 0 aromatic heterocycles. The number of halogens is 1. The van der Waals surface area contributed by atoms with Crippen LogP contribution in [-0.4, -0.2) is 18.9 Å². The maximum absolute atomic E-state index is 13.4. The number of aliphatic imine (C=N–C) groups is 1. The minimum atomic E-state index is -0.363. The van der Waals surface area contributed by atoms with E-state index in [1.165, 1.54) is 17.0 Å². The maximum Gasteiger partial charge on any atom is 0.282 e. The topological polar surface area (TPSA) is 41.9 Å². The van der Waals surface area contributed by atoms with Gasteiger partial charge in [-0.3, -0.25) is 9.69 Å². The second-order valence-electron chi connectivity index (χ2n) is 6.19. The lowest BCUT2D eigenvalue weighted by Crippen LogP contribution is -2.32. The molecule has 3 aromatic carbocycles. The second kappa shape index (κ2) is 7.48. The van der Waals surface area contributed by atoms with Crippen LogP contribution in [0.25, 0.3) is 6.08 Å². The van der Waals surface area contributed by atoms with E-state index in [-0.39, 0.29) is 17.4 Å². The van der Waals surface area contributed by atoms with E-state index in [1.807, 2.05) is 54.6 Å². The molecule has 138 valence electrons. The zero-order chi connectivity index (χ0) is 19.5. The standard InChI is InChI=1S/C23H17FN2O2/c1-28-21-10-6-5-9-17(21)15-20-23(27)26(19-13-11-18(24)12-14-19)22(25-20)16-7-3-2-4-8-16/h2-15H,1H3/b20-15+. The van der Waals surface area contributed by atoms with E-state index < -0.39 is 0 Å². The molecule has 0 radical (unpaired) electrons. The largest absolute Gasteiger partial charge is 0.496 e. The van der Waals surface area contributed by atoms with Crippen LogP contribution in [0, 0.1) is 5.82 Å². The normalized spacial score (nSPS) is 15.1. The molecular weight excluding hydrogens is 355 g/mol. The molecule has 1 heterocycles. The SMILES string of the molecule is COc1ccccc1/C=C1/N=C(c2ccccc2)N(c2ccc(F)cc2)C1=O. The summed E-state index contributed by atoms with van der Waals surface area (Å²) in [7, 11) is 1.58. The zero-order valence-corrected chi connectivity index (χ0v) is 15.2. The Balaban J connectivity index is 1.83. The summed E-state index contributed by atoms with van der Waals surface area (Å²) in [6, 6.07) is 22.6. The number of benzene rings is 3. The number of nitrogens with zero attached hydrogens (tertiary/aromatic N) is 2. The number of anilines is 1. The number of carbonyl (C=O) groups is 1. The lowest BCUT2D eigenvalue weighted by Gasteiger charge is -2.18. The smallest absolute Gasteiger partial charge is 0.282 e. The second-order valence-corrected chi connectivity index (χ2v) is 6.19. The lowest BCUT2D eigenvalue weighted by molar-refractivity contribution is -0.113. The Labute approximate surface area is 162 Å². The summed E-state index contributed by atoms with van der Waals surface area (Å²) in [5, 5.41) is 0. The van der Waals surface area contributed by atoms with E-state index in [2.05, 4.69) is 4.99 Å². The fraction of sp³-hybridized carbons (Fsp3) is 0.0435. The van der Waals surface area contributed by atoms with E-state index in [1.54, 1.807) is 25.3 Å². The van der Waals surface area contributed by atoms with Gasteiger partial charge in [0.1, 0.15) is 23.1 Å². The predicted molar refractivity (Wildman–Crippen MR) is 108 cm³/mol. The van der Waals surface area contributed by atoms with Crippen molar-refractivity contribution in [2.75, 3.05) is 12.0 Å². The van der Waals surface area contributed by atoms with Gasteiger partial charge in [0.2, 0.25) is 0 Å². The molecule has 0 unspecified atom stereocenters. The van der Waals surface area contributed by atoms with Crippen LogP contribution >= 0.6 is 0 Å². The van der Waals surface area contributed by atoms with Gasteiger partial charge in [-0.05, 0) is 36.4 Å². The molecule has 0 saturated heterocycles. The minimum Gasteiger partial charge on any atom is -0.496 e. The highest BCUT2D eigenvalue weighted by molar-refractivity contribution is 6.33. The molecule has 28 heavy (non-hydrogen) atoms. The molecule has 1 amide bonds. The fourth-order valence-electron chi connectivity index (χ4n) is 3.06. The molecule has 0 spiro atoms. The van der Waals surface area contributed by atoms with Gasteiger partial charge in [-0.2, -0.15) is 0 Å². The van der Waals surface area contributed by atoms with Crippen LogP contribution < -0.4 is 9.64 Å². The first kappa shape index (κ1) is 17.7. The molecule has 0 bridgehead atoms. The van der Waals surface area contributed by atoms with Crippen molar-refractivity contribution in [3.8, 4) is 5.75 Å². The van der Waals surface area contributed by atoms with Crippen LogP contribution in [0.5, 0.6) is 5.75 Å². The number of para-hydroxylation sites is 1. The van der Waals surface area contributed by atoms with Crippen LogP contribution in [0.15, 0.2) is 89.6 Å². The number of methoxy groups -OCH3 is 1. The summed E-state index contributed by atoms with van der Waals surface area (Å²) in [4.78, 5) is 19.3. The molecule has 1 aliphatic rings. The van der Waals surface area contributed by atoms with Crippen molar-refractivity contribution >= 4 is 23.5 Å². The summed E-state index contributed by atoms with van der Waals surface area (Å²) in [5.41, 5.74) is 2.39. The molecular formula is C23H17FN2O2. The van der Waals surface area contributed by atoms with Gasteiger partial charge in [0.05, 0.1) is 12.8 Å². The zero-order valence-electron chi connectivity index (χ0n) is 15.2. The van der Waals surface area contributed by atoms with Crippen LogP contribution in [-0.2, 0) is 4.79 Å². The van der Waals surface area contributed by atoms with Crippen LogP contribution in [0.2, 0.25) is 0 Å². The third-order valence-corrected chi connectivity index (χ3v) is 4.41. The average molecular weight is 372 g/mol. The Morgan fingerprint density at radius 2 is 1.61 bits per heavy atom. The molecule has 0 atom stereocenters. The summed E-state index contributed by atoms with van der Waals surface area (Å²) in [5.74, 6) is 0.507. The van der Waals surface area contributed by atoms with Gasteiger partial charge in [0.15, 0.2) is 0 Å². The van der Waals surface area contributed by atoms with Gasteiger partial charge in [-0.25, -0.2) is 9.38 Å². The number of hydrogen-bond donors (Lipinski definition) is 0. The lowest BCUT2D eigenvalue weighted by atomic mass is 10.1. The minimum absolute atomic E-state index is 0.281. The van der Waals surface area contributed by atoms with Crippen molar-refractivity contribution in [1.29, 1.82) is 0 Å². The quantitative estimate of drug-likeness (QED) is 0.625. The molecule has 4 nitrogen and oxygen atoms in total. The number of ether oxygens (including phenoxy) is 1. The van der Waals surface area contributed by atoms with Crippen molar-refractivity contribution in [2.45, 2.75) is 0 Å². The van der Waals surface area contributed by atoms with Crippen LogP contribution in [0.3, 0.4) is 0 Å². The van der Waals surface area contributed by atoms with E-state index in [9.17, 15) is 9.18 Å². The summed E-state index contributed by atoms with van der Waals surface area (Å²) < 4.78 is 18.7. The van der Waals surface area contributed by atoms with Gasteiger partial charge in [-0.15, -0.1) is 0 Å². The molecule has 0 fully saturated rings.